The molecule has 0 aromatic heterocycles. The molecule has 2 saturated heterocycles. The van der Waals surface area contributed by atoms with Gasteiger partial charge in [-0.2, -0.15) is 0 Å². The van der Waals surface area contributed by atoms with Crippen molar-refractivity contribution in [3.63, 3.8) is 0 Å². The normalized spacial score (nSPS) is 37.0. The first-order valence-corrected chi connectivity index (χ1v) is 14.9. The molecule has 0 spiro atoms. The molecule has 2 heterocycles. The van der Waals surface area contributed by atoms with Crippen molar-refractivity contribution in [3.05, 3.63) is 71.8 Å². The lowest BCUT2D eigenvalue weighted by Gasteiger charge is -2.62. The number of nitrogens with zero attached hydrogens (tertiary/aromatic N) is 2. The number of carbonyl (C=O) groups is 1. The Balaban J connectivity index is 1.18. The number of aliphatic hydroxyl groups is 2. The summed E-state index contributed by atoms with van der Waals surface area (Å²) in [5.74, 6) is -0.426. The zero-order valence-electron chi connectivity index (χ0n) is 24.1. The molecule has 2 aromatic rings. The summed E-state index contributed by atoms with van der Waals surface area (Å²) < 4.78 is 12.0. The zero-order valence-corrected chi connectivity index (χ0v) is 24.1. The van der Waals surface area contributed by atoms with Gasteiger partial charge >= 0.3 is 5.97 Å². The molecule has 216 valence electrons. The van der Waals surface area contributed by atoms with E-state index in [1.807, 2.05) is 67.6 Å². The molecule has 0 unspecified atom stereocenters. The van der Waals surface area contributed by atoms with Crippen LogP contribution in [0.5, 0.6) is 0 Å². The number of ether oxygens (including phenoxy) is 2. The minimum Gasteiger partial charge on any atom is -0.462 e. The van der Waals surface area contributed by atoms with Crippen molar-refractivity contribution in [1.29, 1.82) is 0 Å². The quantitative estimate of drug-likeness (QED) is 0.532. The molecule has 2 aromatic carbocycles. The molecule has 0 amide bonds. The highest BCUT2D eigenvalue weighted by Crippen LogP contribution is 2.61. The van der Waals surface area contributed by atoms with Crippen LogP contribution in [0.15, 0.2) is 60.7 Å². The fourth-order valence-electron chi connectivity index (χ4n) is 8.50. The lowest BCUT2D eigenvalue weighted by atomic mass is 9.49. The van der Waals surface area contributed by atoms with Gasteiger partial charge in [-0.05, 0) is 39.0 Å². The molecule has 0 radical (unpaired) electrons. The second-order valence-corrected chi connectivity index (χ2v) is 13.1. The van der Waals surface area contributed by atoms with Crippen LogP contribution in [-0.2, 0) is 20.0 Å². The summed E-state index contributed by atoms with van der Waals surface area (Å²) >= 11 is 0. The van der Waals surface area contributed by atoms with Gasteiger partial charge in [0.2, 0.25) is 0 Å². The Labute approximate surface area is 238 Å². The van der Waals surface area contributed by atoms with E-state index in [1.54, 1.807) is 7.11 Å². The highest BCUT2D eigenvalue weighted by Gasteiger charge is 2.67. The van der Waals surface area contributed by atoms with Crippen molar-refractivity contribution in [2.75, 3.05) is 39.8 Å². The van der Waals surface area contributed by atoms with Gasteiger partial charge in [0.25, 0.3) is 0 Å². The second kappa shape index (κ2) is 10.2. The lowest BCUT2D eigenvalue weighted by Crippen LogP contribution is -2.69. The van der Waals surface area contributed by atoms with Gasteiger partial charge in [-0.25, -0.2) is 0 Å². The summed E-state index contributed by atoms with van der Waals surface area (Å²) in [7, 11) is 1.70. The predicted molar refractivity (Wildman–Crippen MR) is 152 cm³/mol. The van der Waals surface area contributed by atoms with E-state index in [2.05, 4.69) is 16.7 Å². The van der Waals surface area contributed by atoms with E-state index in [0.29, 0.717) is 32.5 Å². The van der Waals surface area contributed by atoms with E-state index in [1.165, 1.54) is 0 Å². The van der Waals surface area contributed by atoms with Crippen LogP contribution < -0.4 is 0 Å². The van der Waals surface area contributed by atoms with Crippen molar-refractivity contribution in [3.8, 4) is 0 Å². The number of carbonyl (C=O) groups excluding carboxylic acids is 1. The SMILES string of the molecule is CO[C@]1(C)CCC[C@]2(C)C[C@H]3OC(=O)[C@H](CN4CCN(C(O)(c5ccccc5)c5ccccc5)CC4)[C@H]3C[C@]21O. The number of fused-ring (bicyclic) bond motifs is 2. The molecule has 0 bridgehead atoms. The molecule has 2 aliphatic carbocycles. The number of esters is 1. The molecule has 2 aliphatic heterocycles. The van der Waals surface area contributed by atoms with Gasteiger partial charge in [0.15, 0.2) is 5.72 Å². The van der Waals surface area contributed by atoms with Gasteiger partial charge in [0, 0.05) is 62.3 Å². The van der Waals surface area contributed by atoms with E-state index < -0.39 is 16.9 Å². The van der Waals surface area contributed by atoms with Crippen molar-refractivity contribution >= 4 is 5.97 Å². The van der Waals surface area contributed by atoms with Crippen LogP contribution in [-0.4, -0.2) is 83.1 Å². The summed E-state index contributed by atoms with van der Waals surface area (Å²) in [4.78, 5) is 17.7. The van der Waals surface area contributed by atoms with Crippen LogP contribution in [0.3, 0.4) is 0 Å². The van der Waals surface area contributed by atoms with Crippen LogP contribution in [0.1, 0.15) is 57.1 Å². The molecule has 4 aliphatic rings. The maximum Gasteiger partial charge on any atom is 0.310 e. The number of rotatable bonds is 6. The highest BCUT2D eigenvalue weighted by atomic mass is 16.6. The summed E-state index contributed by atoms with van der Waals surface area (Å²) in [5, 5.41) is 24.4. The smallest absolute Gasteiger partial charge is 0.310 e. The summed E-state index contributed by atoms with van der Waals surface area (Å²) in [6.45, 7) is 7.61. The Morgan fingerprint density at radius 2 is 1.55 bits per heavy atom. The monoisotopic (exact) mass is 548 g/mol. The minimum atomic E-state index is -1.23. The highest BCUT2D eigenvalue weighted by molar-refractivity contribution is 5.75. The summed E-state index contributed by atoms with van der Waals surface area (Å²) in [6.07, 6.45) is 3.80. The molecule has 7 nitrogen and oxygen atoms in total. The van der Waals surface area contributed by atoms with E-state index in [0.717, 1.165) is 43.5 Å². The third-order valence-corrected chi connectivity index (χ3v) is 11.1. The Bertz CT molecular complexity index is 1160. The molecule has 7 heteroatoms. The fraction of sp³-hybridized carbons (Fsp3) is 0.606. The van der Waals surface area contributed by atoms with Crippen LogP contribution in [0.2, 0.25) is 0 Å². The third-order valence-electron chi connectivity index (χ3n) is 11.1. The molecular weight excluding hydrogens is 504 g/mol. The molecule has 6 rings (SSSR count). The van der Waals surface area contributed by atoms with Crippen molar-refractivity contribution in [1.82, 2.24) is 9.80 Å². The van der Waals surface area contributed by atoms with Crippen LogP contribution in [0, 0.1) is 17.3 Å². The van der Waals surface area contributed by atoms with Gasteiger partial charge in [0.05, 0.1) is 17.1 Å². The fourth-order valence-corrected chi connectivity index (χ4v) is 8.50. The number of hydrogen-bond acceptors (Lipinski definition) is 7. The molecule has 4 fully saturated rings. The standard InChI is InChI=1S/C33H44N2O5/c1-30-15-10-16-31(2,39-3)32(30,37)21-26-27(29(36)40-28(26)22-30)23-34-17-19-35(20-18-34)33(38,24-11-6-4-7-12-24)25-13-8-5-9-14-25/h4-9,11-14,26-28,37-38H,10,15-23H2,1-3H3/t26-,27-,28-,30-,31-,32+/m1/s1. The van der Waals surface area contributed by atoms with Gasteiger partial charge in [0.1, 0.15) is 6.10 Å². The van der Waals surface area contributed by atoms with Gasteiger partial charge in [-0.15, -0.1) is 0 Å². The van der Waals surface area contributed by atoms with Crippen molar-refractivity contribution in [2.24, 2.45) is 17.3 Å². The lowest BCUT2D eigenvalue weighted by molar-refractivity contribution is -0.270. The molecule has 40 heavy (non-hydrogen) atoms. The number of hydrogen-bond donors (Lipinski definition) is 2. The second-order valence-electron chi connectivity index (χ2n) is 13.1. The first-order chi connectivity index (χ1) is 19.1. The Morgan fingerprint density at radius 3 is 2.12 bits per heavy atom. The number of methoxy groups -OCH3 is 1. The van der Waals surface area contributed by atoms with Crippen LogP contribution in [0.25, 0.3) is 0 Å². The van der Waals surface area contributed by atoms with Crippen LogP contribution >= 0.6 is 0 Å². The van der Waals surface area contributed by atoms with E-state index in [4.69, 9.17) is 9.47 Å². The van der Waals surface area contributed by atoms with Gasteiger partial charge < -0.3 is 19.7 Å². The number of piperazine rings is 1. The minimum absolute atomic E-state index is 0.0262. The van der Waals surface area contributed by atoms with Crippen molar-refractivity contribution in [2.45, 2.75) is 69.0 Å². The average molecular weight is 549 g/mol. The molecule has 2 saturated carbocycles. The molecule has 2 N–H and O–H groups in total. The summed E-state index contributed by atoms with van der Waals surface area (Å²) in [5.41, 5.74) is -1.49. The van der Waals surface area contributed by atoms with Gasteiger partial charge in [-0.3, -0.25) is 14.6 Å². The summed E-state index contributed by atoms with van der Waals surface area (Å²) in [6, 6.07) is 19.7. The zero-order chi connectivity index (χ0) is 28.2. The van der Waals surface area contributed by atoms with E-state index in [-0.39, 0.29) is 29.3 Å². The van der Waals surface area contributed by atoms with Crippen molar-refractivity contribution < 1.29 is 24.5 Å². The average Bonchev–Trinajstić information content (AvgIpc) is 3.26. The maximum absolute atomic E-state index is 13.2. The maximum atomic E-state index is 13.2. The van der Waals surface area contributed by atoms with E-state index in [9.17, 15) is 15.0 Å². The van der Waals surface area contributed by atoms with Gasteiger partial charge in [-0.1, -0.05) is 67.6 Å². The largest absolute Gasteiger partial charge is 0.462 e. The Hall–Kier alpha value is -2.29. The van der Waals surface area contributed by atoms with Crippen LogP contribution in [0.4, 0.5) is 0 Å². The predicted octanol–water partition coefficient (Wildman–Crippen LogP) is 3.78. The molecular formula is C33H44N2O5. The number of benzene rings is 2. The topological polar surface area (TPSA) is 82.5 Å². The first kappa shape index (κ1) is 27.9. The Kier molecular flexibility index (Phi) is 7.11. The first-order valence-electron chi connectivity index (χ1n) is 14.9. The van der Waals surface area contributed by atoms with E-state index >= 15 is 0 Å². The third kappa shape index (κ3) is 4.24. The Morgan fingerprint density at radius 1 is 0.950 bits per heavy atom. The molecule has 6 atom stereocenters.